The zero-order valence-corrected chi connectivity index (χ0v) is 10.6. The van der Waals surface area contributed by atoms with E-state index in [0.717, 1.165) is 24.2 Å². The van der Waals surface area contributed by atoms with Crippen molar-refractivity contribution in [1.29, 1.82) is 0 Å². The Balaban J connectivity index is 1.94. The molecule has 1 unspecified atom stereocenters. The van der Waals surface area contributed by atoms with E-state index in [1.54, 1.807) is 19.4 Å². The summed E-state index contributed by atoms with van der Waals surface area (Å²) in [6, 6.07) is 5.48. The highest BCUT2D eigenvalue weighted by Gasteiger charge is 2.10. The predicted molar refractivity (Wildman–Crippen MR) is 67.0 cm³/mol. The molecule has 18 heavy (non-hydrogen) atoms. The summed E-state index contributed by atoms with van der Waals surface area (Å²) in [5.74, 6) is 0.498. The summed E-state index contributed by atoms with van der Waals surface area (Å²) in [6.07, 6.45) is 3.46. The van der Waals surface area contributed by atoms with Crippen LogP contribution >= 0.6 is 0 Å². The van der Waals surface area contributed by atoms with Crippen LogP contribution in [0.25, 0.3) is 0 Å². The number of rotatable bonds is 5. The van der Waals surface area contributed by atoms with E-state index in [1.807, 2.05) is 23.9 Å². The molecule has 0 spiro atoms. The largest absolute Gasteiger partial charge is 0.480 e. The van der Waals surface area contributed by atoms with E-state index in [9.17, 15) is 0 Å². The lowest BCUT2D eigenvalue weighted by Gasteiger charge is -2.10. The molecule has 1 atom stereocenters. The van der Waals surface area contributed by atoms with Crippen molar-refractivity contribution < 1.29 is 4.74 Å². The van der Waals surface area contributed by atoms with Gasteiger partial charge in [-0.1, -0.05) is 0 Å². The summed E-state index contributed by atoms with van der Waals surface area (Å²) < 4.78 is 6.81. The number of hydrogen-bond donors (Lipinski definition) is 1. The van der Waals surface area contributed by atoms with E-state index >= 15 is 0 Å². The van der Waals surface area contributed by atoms with Gasteiger partial charge in [-0.3, -0.25) is 4.68 Å². The fourth-order valence-corrected chi connectivity index (χ4v) is 1.73. The van der Waals surface area contributed by atoms with Crippen LogP contribution in [0.4, 0.5) is 0 Å². The Kier molecular flexibility index (Phi) is 3.88. The highest BCUT2D eigenvalue weighted by atomic mass is 16.5. The molecule has 0 aliphatic heterocycles. The van der Waals surface area contributed by atoms with Gasteiger partial charge in [0.2, 0.25) is 5.88 Å². The molecule has 96 valence electrons. The van der Waals surface area contributed by atoms with Gasteiger partial charge in [0.05, 0.1) is 12.8 Å². The standard InChI is InChI=1S/C12H17N5O/c1-17-9(7-8-14-17)3-4-10(13)11-5-6-12(18-2)16-15-11/h5-8,10H,3-4,13H2,1-2H3. The van der Waals surface area contributed by atoms with Crippen molar-refractivity contribution >= 4 is 0 Å². The third-order valence-corrected chi connectivity index (χ3v) is 2.88. The Morgan fingerprint density at radius 1 is 1.33 bits per heavy atom. The lowest BCUT2D eigenvalue weighted by Crippen LogP contribution is -2.14. The van der Waals surface area contributed by atoms with E-state index in [-0.39, 0.29) is 6.04 Å². The highest BCUT2D eigenvalue weighted by molar-refractivity contribution is 5.14. The summed E-state index contributed by atoms with van der Waals surface area (Å²) in [4.78, 5) is 0. The Morgan fingerprint density at radius 3 is 2.72 bits per heavy atom. The van der Waals surface area contributed by atoms with Crippen LogP contribution in [0.3, 0.4) is 0 Å². The van der Waals surface area contributed by atoms with Gasteiger partial charge in [-0.05, 0) is 25.0 Å². The number of aryl methyl sites for hydroxylation is 2. The molecular formula is C12H17N5O. The first-order valence-electron chi connectivity index (χ1n) is 5.81. The van der Waals surface area contributed by atoms with Crippen molar-refractivity contribution in [2.45, 2.75) is 18.9 Å². The Labute approximate surface area is 106 Å². The SMILES string of the molecule is COc1ccc(C(N)CCc2ccnn2C)nn1. The van der Waals surface area contributed by atoms with Crippen LogP contribution in [-0.4, -0.2) is 27.1 Å². The fraction of sp³-hybridized carbons (Fsp3) is 0.417. The van der Waals surface area contributed by atoms with Crippen LogP contribution in [0.5, 0.6) is 5.88 Å². The van der Waals surface area contributed by atoms with E-state index in [2.05, 4.69) is 15.3 Å². The predicted octanol–water partition coefficient (Wildman–Crippen LogP) is 0.851. The van der Waals surface area contributed by atoms with Crippen LogP contribution in [-0.2, 0) is 13.5 Å². The van der Waals surface area contributed by atoms with E-state index in [0.29, 0.717) is 5.88 Å². The topological polar surface area (TPSA) is 78.9 Å². The van der Waals surface area contributed by atoms with Crippen LogP contribution in [0.2, 0.25) is 0 Å². The maximum absolute atomic E-state index is 6.08. The van der Waals surface area contributed by atoms with Gasteiger partial charge in [0.15, 0.2) is 0 Å². The second kappa shape index (κ2) is 5.59. The lowest BCUT2D eigenvalue weighted by atomic mass is 10.1. The zero-order chi connectivity index (χ0) is 13.0. The molecule has 2 aromatic rings. The van der Waals surface area contributed by atoms with E-state index < -0.39 is 0 Å². The summed E-state index contributed by atoms with van der Waals surface area (Å²) in [7, 11) is 3.49. The van der Waals surface area contributed by atoms with Gasteiger partial charge in [0.25, 0.3) is 0 Å². The molecule has 2 N–H and O–H groups in total. The molecule has 2 aromatic heterocycles. The number of nitrogens with zero attached hydrogens (tertiary/aromatic N) is 4. The number of hydrogen-bond acceptors (Lipinski definition) is 5. The molecule has 2 heterocycles. The Hall–Kier alpha value is -1.95. The first-order valence-corrected chi connectivity index (χ1v) is 5.81. The van der Waals surface area contributed by atoms with E-state index in [4.69, 9.17) is 10.5 Å². The van der Waals surface area contributed by atoms with Crippen LogP contribution in [0.15, 0.2) is 24.4 Å². The van der Waals surface area contributed by atoms with Crippen molar-refractivity contribution in [2.24, 2.45) is 12.8 Å². The van der Waals surface area contributed by atoms with Crippen molar-refractivity contribution in [3.8, 4) is 5.88 Å². The number of nitrogens with two attached hydrogens (primary N) is 1. The quantitative estimate of drug-likeness (QED) is 0.847. The molecule has 0 aliphatic rings. The lowest BCUT2D eigenvalue weighted by molar-refractivity contribution is 0.390. The molecule has 0 saturated carbocycles. The van der Waals surface area contributed by atoms with Crippen molar-refractivity contribution in [2.75, 3.05) is 7.11 Å². The zero-order valence-electron chi connectivity index (χ0n) is 10.6. The molecule has 2 rings (SSSR count). The third-order valence-electron chi connectivity index (χ3n) is 2.88. The van der Waals surface area contributed by atoms with Gasteiger partial charge in [-0.2, -0.15) is 10.2 Å². The second-order valence-electron chi connectivity index (χ2n) is 4.09. The minimum atomic E-state index is -0.127. The smallest absolute Gasteiger partial charge is 0.233 e. The minimum Gasteiger partial charge on any atom is -0.480 e. The first kappa shape index (κ1) is 12.5. The molecule has 6 heteroatoms. The van der Waals surface area contributed by atoms with Crippen LogP contribution in [0.1, 0.15) is 23.9 Å². The second-order valence-corrected chi connectivity index (χ2v) is 4.09. The molecule has 0 fully saturated rings. The van der Waals surface area contributed by atoms with Crippen molar-refractivity contribution in [3.63, 3.8) is 0 Å². The maximum atomic E-state index is 6.08. The minimum absolute atomic E-state index is 0.127. The molecule has 0 bridgehead atoms. The molecule has 0 amide bonds. The van der Waals surface area contributed by atoms with Gasteiger partial charge in [0, 0.05) is 31.0 Å². The van der Waals surface area contributed by atoms with Gasteiger partial charge in [0.1, 0.15) is 0 Å². The monoisotopic (exact) mass is 247 g/mol. The van der Waals surface area contributed by atoms with Gasteiger partial charge in [-0.25, -0.2) is 0 Å². The molecule has 0 aliphatic carbocycles. The number of ether oxygens (including phenoxy) is 1. The fourth-order valence-electron chi connectivity index (χ4n) is 1.73. The first-order chi connectivity index (χ1) is 8.70. The molecule has 6 nitrogen and oxygen atoms in total. The average molecular weight is 247 g/mol. The molecular weight excluding hydrogens is 230 g/mol. The maximum Gasteiger partial charge on any atom is 0.233 e. The molecule has 0 aromatic carbocycles. The summed E-state index contributed by atoms with van der Waals surface area (Å²) in [6.45, 7) is 0. The van der Waals surface area contributed by atoms with Crippen LogP contribution < -0.4 is 10.5 Å². The summed E-state index contributed by atoms with van der Waals surface area (Å²) in [5.41, 5.74) is 8.02. The number of methoxy groups -OCH3 is 1. The van der Waals surface area contributed by atoms with Gasteiger partial charge < -0.3 is 10.5 Å². The molecule has 0 radical (unpaired) electrons. The van der Waals surface area contributed by atoms with Crippen molar-refractivity contribution in [1.82, 2.24) is 20.0 Å². The van der Waals surface area contributed by atoms with Gasteiger partial charge in [-0.15, -0.1) is 5.10 Å². The third kappa shape index (κ3) is 2.84. The summed E-state index contributed by atoms with van der Waals surface area (Å²) >= 11 is 0. The summed E-state index contributed by atoms with van der Waals surface area (Å²) in [5, 5.41) is 12.1. The normalized spacial score (nSPS) is 12.4. The molecule has 0 saturated heterocycles. The highest BCUT2D eigenvalue weighted by Crippen LogP contribution is 2.15. The van der Waals surface area contributed by atoms with Gasteiger partial charge >= 0.3 is 0 Å². The average Bonchev–Trinajstić information content (AvgIpc) is 2.81. The van der Waals surface area contributed by atoms with E-state index in [1.165, 1.54) is 0 Å². The van der Waals surface area contributed by atoms with Crippen molar-refractivity contribution in [3.05, 3.63) is 35.8 Å². The van der Waals surface area contributed by atoms with Crippen LogP contribution in [0, 0.1) is 0 Å². The Morgan fingerprint density at radius 2 is 2.17 bits per heavy atom. The Bertz CT molecular complexity index is 493. The number of aromatic nitrogens is 4.